The SMILES string of the molecule is CCNC(=NCCNS(C)(=O)=O)N1CCS(=O)(=O)C(C)(C)C1.I. The summed E-state index contributed by atoms with van der Waals surface area (Å²) in [5.74, 6) is 0.701. The van der Waals surface area contributed by atoms with Crippen LogP contribution in [-0.2, 0) is 19.9 Å². The van der Waals surface area contributed by atoms with Crippen LogP contribution in [0.15, 0.2) is 4.99 Å². The summed E-state index contributed by atoms with van der Waals surface area (Å²) < 4.78 is 47.6. The summed E-state index contributed by atoms with van der Waals surface area (Å²) in [5.41, 5.74) is 0. The van der Waals surface area contributed by atoms with E-state index >= 15 is 0 Å². The van der Waals surface area contributed by atoms with E-state index in [-0.39, 0.29) is 36.3 Å². The second kappa shape index (κ2) is 8.81. The van der Waals surface area contributed by atoms with Crippen LogP contribution in [0.3, 0.4) is 0 Å². The van der Waals surface area contributed by atoms with Gasteiger partial charge in [0, 0.05) is 26.2 Å². The van der Waals surface area contributed by atoms with Gasteiger partial charge in [-0.15, -0.1) is 24.0 Å². The minimum absolute atomic E-state index is 0. The molecular weight excluding hydrogens is 455 g/mol. The van der Waals surface area contributed by atoms with Crippen LogP contribution < -0.4 is 10.0 Å². The molecule has 138 valence electrons. The van der Waals surface area contributed by atoms with Crippen molar-refractivity contribution in [2.45, 2.75) is 25.5 Å². The van der Waals surface area contributed by atoms with Crippen LogP contribution in [-0.4, -0.2) is 77.2 Å². The van der Waals surface area contributed by atoms with E-state index < -0.39 is 24.6 Å². The van der Waals surface area contributed by atoms with Gasteiger partial charge in [0.1, 0.15) is 0 Å². The maximum atomic E-state index is 12.0. The van der Waals surface area contributed by atoms with Gasteiger partial charge >= 0.3 is 0 Å². The van der Waals surface area contributed by atoms with E-state index in [1.807, 2.05) is 11.8 Å². The molecule has 0 unspecified atom stereocenters. The smallest absolute Gasteiger partial charge is 0.208 e. The molecule has 0 spiro atoms. The van der Waals surface area contributed by atoms with Crippen molar-refractivity contribution in [3.05, 3.63) is 0 Å². The van der Waals surface area contributed by atoms with Gasteiger partial charge in [-0.1, -0.05) is 0 Å². The Kier molecular flexibility index (Phi) is 8.76. The quantitative estimate of drug-likeness (QED) is 0.240. The van der Waals surface area contributed by atoms with Crippen LogP contribution >= 0.6 is 24.0 Å². The molecule has 1 heterocycles. The van der Waals surface area contributed by atoms with Crippen LogP contribution in [0.4, 0.5) is 0 Å². The first kappa shape index (κ1) is 22.9. The van der Waals surface area contributed by atoms with Gasteiger partial charge in [-0.25, -0.2) is 21.6 Å². The fraction of sp³-hybridized carbons (Fsp3) is 0.917. The molecule has 0 amide bonds. The number of rotatable bonds is 5. The molecule has 0 aromatic rings. The minimum Gasteiger partial charge on any atom is -0.357 e. The topological polar surface area (TPSA) is 108 Å². The van der Waals surface area contributed by atoms with Crippen molar-refractivity contribution in [1.29, 1.82) is 0 Å². The molecular formula is C12H27IN4O4S2. The van der Waals surface area contributed by atoms with E-state index in [9.17, 15) is 16.8 Å². The van der Waals surface area contributed by atoms with Crippen LogP contribution in [0, 0.1) is 0 Å². The van der Waals surface area contributed by atoms with Gasteiger partial charge in [0.25, 0.3) is 0 Å². The van der Waals surface area contributed by atoms with Crippen LogP contribution in [0.5, 0.6) is 0 Å². The zero-order valence-corrected chi connectivity index (χ0v) is 18.0. The maximum Gasteiger partial charge on any atom is 0.208 e. The molecule has 0 aromatic carbocycles. The summed E-state index contributed by atoms with van der Waals surface area (Å²) in [6.45, 7) is 7.25. The number of nitrogens with zero attached hydrogens (tertiary/aromatic N) is 2. The van der Waals surface area contributed by atoms with Crippen molar-refractivity contribution < 1.29 is 16.8 Å². The van der Waals surface area contributed by atoms with E-state index in [1.165, 1.54) is 0 Å². The Morgan fingerprint density at radius 3 is 2.43 bits per heavy atom. The summed E-state index contributed by atoms with van der Waals surface area (Å²) in [4.78, 5) is 6.27. The lowest BCUT2D eigenvalue weighted by atomic mass is 10.2. The maximum absolute atomic E-state index is 12.0. The molecule has 1 saturated heterocycles. The molecule has 0 saturated carbocycles. The summed E-state index contributed by atoms with van der Waals surface area (Å²) in [5, 5.41) is 3.12. The second-order valence-electron chi connectivity index (χ2n) is 5.90. The number of nitrogens with one attached hydrogen (secondary N) is 2. The standard InChI is InChI=1S/C12H26N4O4S2.HI/c1-5-13-11(14-6-7-15-21(4,17)18)16-8-9-22(19,20)12(2,3)10-16;/h15H,5-10H2,1-4H3,(H,13,14);1H. The lowest BCUT2D eigenvalue weighted by Gasteiger charge is -2.39. The number of sulfone groups is 1. The molecule has 0 bridgehead atoms. The van der Waals surface area contributed by atoms with Gasteiger partial charge in [-0.3, -0.25) is 4.99 Å². The number of halogens is 1. The molecule has 1 rings (SSSR count). The normalized spacial score (nSPS) is 20.7. The van der Waals surface area contributed by atoms with Gasteiger partial charge in [-0.05, 0) is 20.8 Å². The minimum atomic E-state index is -3.23. The molecule has 23 heavy (non-hydrogen) atoms. The summed E-state index contributed by atoms with van der Waals surface area (Å²) in [6, 6.07) is 0. The monoisotopic (exact) mass is 482 g/mol. The summed E-state index contributed by atoms with van der Waals surface area (Å²) in [7, 11) is -6.33. The Bertz CT molecular complexity index is 617. The van der Waals surface area contributed by atoms with Crippen molar-refractivity contribution in [2.75, 3.05) is 44.7 Å². The Morgan fingerprint density at radius 1 is 1.35 bits per heavy atom. The summed E-state index contributed by atoms with van der Waals surface area (Å²) >= 11 is 0. The molecule has 11 heteroatoms. The lowest BCUT2D eigenvalue weighted by Crippen LogP contribution is -2.57. The third kappa shape index (κ3) is 7.10. The van der Waals surface area contributed by atoms with E-state index in [4.69, 9.17) is 0 Å². The van der Waals surface area contributed by atoms with E-state index in [2.05, 4.69) is 15.0 Å². The highest BCUT2D eigenvalue weighted by molar-refractivity contribution is 14.0. The van der Waals surface area contributed by atoms with Crippen molar-refractivity contribution in [1.82, 2.24) is 14.9 Å². The van der Waals surface area contributed by atoms with E-state index in [0.29, 0.717) is 32.1 Å². The third-order valence-corrected chi connectivity index (χ3v) is 6.68. The average molecular weight is 482 g/mol. The van der Waals surface area contributed by atoms with Gasteiger partial charge in [0.05, 0.1) is 23.3 Å². The largest absolute Gasteiger partial charge is 0.357 e. The number of hydrogen-bond donors (Lipinski definition) is 2. The Labute approximate surface area is 156 Å². The second-order valence-corrected chi connectivity index (χ2v) is 10.5. The molecule has 0 radical (unpaired) electrons. The zero-order valence-electron chi connectivity index (χ0n) is 14.0. The fourth-order valence-electron chi connectivity index (χ4n) is 2.14. The lowest BCUT2D eigenvalue weighted by molar-refractivity contribution is 0.353. The molecule has 2 N–H and O–H groups in total. The highest BCUT2D eigenvalue weighted by Gasteiger charge is 2.40. The van der Waals surface area contributed by atoms with Crippen molar-refractivity contribution >= 4 is 49.8 Å². The first-order valence-corrected chi connectivity index (χ1v) is 10.7. The van der Waals surface area contributed by atoms with Gasteiger partial charge < -0.3 is 10.2 Å². The Balaban J connectivity index is 0.00000484. The average Bonchev–Trinajstić information content (AvgIpc) is 2.35. The van der Waals surface area contributed by atoms with Crippen LogP contribution in [0.1, 0.15) is 20.8 Å². The molecule has 8 nitrogen and oxygen atoms in total. The predicted octanol–water partition coefficient (Wildman–Crippen LogP) is -0.372. The highest BCUT2D eigenvalue weighted by atomic mass is 127. The highest BCUT2D eigenvalue weighted by Crippen LogP contribution is 2.23. The first-order chi connectivity index (χ1) is 9.98. The van der Waals surface area contributed by atoms with Gasteiger partial charge in [0.2, 0.25) is 10.0 Å². The number of guanidine groups is 1. The molecule has 0 aromatic heterocycles. The molecule has 0 aliphatic carbocycles. The fourth-order valence-corrected chi connectivity index (χ4v) is 3.97. The van der Waals surface area contributed by atoms with Crippen LogP contribution in [0.25, 0.3) is 0 Å². The zero-order chi connectivity index (χ0) is 17.0. The van der Waals surface area contributed by atoms with Gasteiger partial charge in [-0.2, -0.15) is 0 Å². The van der Waals surface area contributed by atoms with Crippen molar-refractivity contribution in [3.8, 4) is 0 Å². The number of sulfonamides is 1. The van der Waals surface area contributed by atoms with Crippen molar-refractivity contribution in [2.24, 2.45) is 4.99 Å². The van der Waals surface area contributed by atoms with Gasteiger partial charge in [0.15, 0.2) is 15.8 Å². The summed E-state index contributed by atoms with van der Waals surface area (Å²) in [6.07, 6.45) is 1.10. The molecule has 1 aliphatic rings. The molecule has 0 atom stereocenters. The van der Waals surface area contributed by atoms with Crippen molar-refractivity contribution in [3.63, 3.8) is 0 Å². The van der Waals surface area contributed by atoms with E-state index in [0.717, 1.165) is 6.26 Å². The molecule has 1 aliphatic heterocycles. The third-order valence-electron chi connectivity index (χ3n) is 3.42. The Morgan fingerprint density at radius 2 is 1.96 bits per heavy atom. The Hall–Kier alpha value is -0.140. The number of hydrogen-bond acceptors (Lipinski definition) is 5. The first-order valence-electron chi connectivity index (χ1n) is 7.19. The molecule has 1 fully saturated rings. The number of aliphatic imine (C=N–C) groups is 1. The predicted molar refractivity (Wildman–Crippen MR) is 104 cm³/mol. The van der Waals surface area contributed by atoms with Crippen LogP contribution in [0.2, 0.25) is 0 Å². The van der Waals surface area contributed by atoms with E-state index in [1.54, 1.807) is 13.8 Å².